The molecule has 0 radical (unpaired) electrons. The maximum absolute atomic E-state index is 13.3. The van der Waals surface area contributed by atoms with Crippen LogP contribution in [0.4, 0.5) is 0 Å². The standard InChI is InChI=1S/C25H30N2O5/c1-3-32-25(31)20(14-13-17-9-5-4-6-10-17)26-16(2)23(28)22-19-12-8-7-11-18(19)15-21(27-22)24(29)30/h4-12,16,20-22,26-27H,3,13-15H2,1-2H3,(H,29,30)/t16?,20-,21?,22?/m0/s1. The molecule has 0 amide bonds. The van der Waals surface area contributed by atoms with Gasteiger partial charge in [0, 0.05) is 0 Å². The van der Waals surface area contributed by atoms with Gasteiger partial charge in [0.25, 0.3) is 0 Å². The Hall–Kier alpha value is -3.03. The molecule has 0 spiro atoms. The van der Waals surface area contributed by atoms with E-state index >= 15 is 0 Å². The van der Waals surface area contributed by atoms with Crippen molar-refractivity contribution in [1.29, 1.82) is 0 Å². The molecule has 4 atom stereocenters. The van der Waals surface area contributed by atoms with Crippen molar-refractivity contribution in [1.82, 2.24) is 10.6 Å². The number of hydrogen-bond donors (Lipinski definition) is 3. The molecule has 2 aromatic rings. The smallest absolute Gasteiger partial charge is 0.323 e. The van der Waals surface area contributed by atoms with Crippen LogP contribution in [0, 0.1) is 0 Å². The van der Waals surface area contributed by atoms with Gasteiger partial charge in [-0.1, -0.05) is 54.6 Å². The lowest BCUT2D eigenvalue weighted by Gasteiger charge is -2.32. The van der Waals surface area contributed by atoms with E-state index in [1.165, 1.54) is 0 Å². The zero-order valence-corrected chi connectivity index (χ0v) is 18.4. The molecule has 0 aliphatic carbocycles. The van der Waals surface area contributed by atoms with Crippen LogP contribution in [0.15, 0.2) is 54.6 Å². The van der Waals surface area contributed by atoms with E-state index in [4.69, 9.17) is 4.74 Å². The highest BCUT2D eigenvalue weighted by molar-refractivity contribution is 5.92. The molecule has 7 heteroatoms. The molecule has 2 aromatic carbocycles. The molecule has 32 heavy (non-hydrogen) atoms. The van der Waals surface area contributed by atoms with Gasteiger partial charge in [0.05, 0.1) is 18.7 Å². The number of fused-ring (bicyclic) bond motifs is 1. The van der Waals surface area contributed by atoms with Crippen molar-refractivity contribution < 1.29 is 24.2 Å². The van der Waals surface area contributed by atoms with E-state index in [1.807, 2.05) is 54.6 Å². The molecule has 3 unspecified atom stereocenters. The molecule has 1 heterocycles. The fourth-order valence-electron chi connectivity index (χ4n) is 4.07. The zero-order chi connectivity index (χ0) is 23.1. The average Bonchev–Trinajstić information content (AvgIpc) is 2.81. The van der Waals surface area contributed by atoms with Crippen molar-refractivity contribution in [2.45, 2.75) is 57.3 Å². The van der Waals surface area contributed by atoms with E-state index < -0.39 is 36.1 Å². The number of aryl methyl sites for hydroxylation is 1. The van der Waals surface area contributed by atoms with Gasteiger partial charge < -0.3 is 9.84 Å². The van der Waals surface area contributed by atoms with Gasteiger partial charge >= 0.3 is 11.9 Å². The summed E-state index contributed by atoms with van der Waals surface area (Å²) in [6.45, 7) is 3.70. The predicted octanol–water partition coefficient (Wildman–Crippen LogP) is 2.44. The van der Waals surface area contributed by atoms with Crippen LogP contribution in [0.25, 0.3) is 0 Å². The Balaban J connectivity index is 1.74. The van der Waals surface area contributed by atoms with Gasteiger partial charge in [-0.15, -0.1) is 0 Å². The molecule has 0 bridgehead atoms. The van der Waals surface area contributed by atoms with E-state index in [0.717, 1.165) is 16.7 Å². The van der Waals surface area contributed by atoms with Crippen molar-refractivity contribution in [2.75, 3.05) is 6.61 Å². The number of carbonyl (C=O) groups is 3. The highest BCUT2D eigenvalue weighted by Gasteiger charge is 2.36. The molecule has 0 fully saturated rings. The third-order valence-electron chi connectivity index (χ3n) is 5.75. The summed E-state index contributed by atoms with van der Waals surface area (Å²) in [5.74, 6) is -1.61. The number of benzene rings is 2. The summed E-state index contributed by atoms with van der Waals surface area (Å²) in [7, 11) is 0. The number of Topliss-reactive ketones (excluding diaryl/α,β-unsaturated/α-hetero) is 1. The number of carboxylic acids is 1. The van der Waals surface area contributed by atoms with Crippen LogP contribution >= 0.6 is 0 Å². The van der Waals surface area contributed by atoms with Crippen LogP contribution in [0.2, 0.25) is 0 Å². The normalized spacial score (nSPS) is 19.4. The Morgan fingerprint density at radius 1 is 1.12 bits per heavy atom. The molecule has 7 nitrogen and oxygen atoms in total. The molecule has 3 N–H and O–H groups in total. The zero-order valence-electron chi connectivity index (χ0n) is 18.4. The van der Waals surface area contributed by atoms with Gasteiger partial charge in [-0.05, 0) is 49.8 Å². The van der Waals surface area contributed by atoms with Gasteiger partial charge in [-0.25, -0.2) is 0 Å². The number of carboxylic acid groups (broad SMARTS) is 1. The third kappa shape index (κ3) is 5.81. The number of carbonyl (C=O) groups excluding carboxylic acids is 2. The molecule has 170 valence electrons. The number of hydrogen-bond acceptors (Lipinski definition) is 6. The lowest BCUT2D eigenvalue weighted by Crippen LogP contribution is -2.53. The minimum atomic E-state index is -0.995. The lowest BCUT2D eigenvalue weighted by atomic mass is 9.86. The first-order chi connectivity index (χ1) is 15.4. The van der Waals surface area contributed by atoms with E-state index in [2.05, 4.69) is 10.6 Å². The first-order valence-electron chi connectivity index (χ1n) is 11.0. The third-order valence-corrected chi connectivity index (χ3v) is 5.75. The van der Waals surface area contributed by atoms with Crippen LogP contribution in [0.3, 0.4) is 0 Å². The summed E-state index contributed by atoms with van der Waals surface area (Å²) in [5.41, 5.74) is 2.71. The fraction of sp³-hybridized carbons (Fsp3) is 0.400. The molecule has 0 saturated heterocycles. The summed E-state index contributed by atoms with van der Waals surface area (Å²) in [5, 5.41) is 15.6. The molecular weight excluding hydrogens is 408 g/mol. The summed E-state index contributed by atoms with van der Waals surface area (Å²) >= 11 is 0. The van der Waals surface area contributed by atoms with Gasteiger partial charge in [-0.3, -0.25) is 25.0 Å². The number of aliphatic carboxylic acids is 1. The number of nitrogens with one attached hydrogen (secondary N) is 2. The highest BCUT2D eigenvalue weighted by Crippen LogP contribution is 2.27. The molecule has 1 aliphatic rings. The van der Waals surface area contributed by atoms with Crippen molar-refractivity contribution in [3.63, 3.8) is 0 Å². The molecule has 3 rings (SSSR count). The Morgan fingerprint density at radius 2 is 1.81 bits per heavy atom. The second-order valence-corrected chi connectivity index (χ2v) is 8.01. The molecule has 0 aromatic heterocycles. The van der Waals surface area contributed by atoms with Crippen molar-refractivity contribution in [3.05, 3.63) is 71.3 Å². The summed E-state index contributed by atoms with van der Waals surface area (Å²) in [6, 6.07) is 14.2. The number of ketones is 1. The Kier molecular flexibility index (Phi) is 8.14. The van der Waals surface area contributed by atoms with Crippen molar-refractivity contribution >= 4 is 17.7 Å². The van der Waals surface area contributed by atoms with Gasteiger partial charge in [0.2, 0.25) is 0 Å². The Labute approximate surface area is 188 Å². The van der Waals surface area contributed by atoms with Crippen LogP contribution in [0.5, 0.6) is 0 Å². The molecule has 0 saturated carbocycles. The maximum Gasteiger partial charge on any atom is 0.323 e. The predicted molar refractivity (Wildman–Crippen MR) is 120 cm³/mol. The maximum atomic E-state index is 13.3. The Bertz CT molecular complexity index is 946. The monoisotopic (exact) mass is 438 g/mol. The van der Waals surface area contributed by atoms with Crippen molar-refractivity contribution in [3.8, 4) is 0 Å². The molecule has 1 aliphatic heterocycles. The van der Waals surface area contributed by atoms with Crippen LogP contribution in [-0.2, 0) is 32.0 Å². The Morgan fingerprint density at radius 3 is 2.50 bits per heavy atom. The van der Waals surface area contributed by atoms with Gasteiger partial charge in [0.15, 0.2) is 5.78 Å². The van der Waals surface area contributed by atoms with Crippen LogP contribution in [0.1, 0.15) is 43.0 Å². The van der Waals surface area contributed by atoms with E-state index in [1.54, 1.807) is 13.8 Å². The second-order valence-electron chi connectivity index (χ2n) is 8.01. The van der Waals surface area contributed by atoms with Gasteiger partial charge in [-0.2, -0.15) is 0 Å². The van der Waals surface area contributed by atoms with Crippen LogP contribution in [-0.4, -0.2) is 47.6 Å². The fourth-order valence-corrected chi connectivity index (χ4v) is 4.07. The summed E-state index contributed by atoms with van der Waals surface area (Å²) < 4.78 is 5.22. The summed E-state index contributed by atoms with van der Waals surface area (Å²) in [6.07, 6.45) is 1.45. The minimum Gasteiger partial charge on any atom is -0.480 e. The van der Waals surface area contributed by atoms with E-state index in [-0.39, 0.29) is 12.4 Å². The minimum absolute atomic E-state index is 0.211. The largest absolute Gasteiger partial charge is 0.480 e. The first kappa shape index (κ1) is 23.6. The highest BCUT2D eigenvalue weighted by atomic mass is 16.5. The van der Waals surface area contributed by atoms with E-state index in [9.17, 15) is 19.5 Å². The van der Waals surface area contributed by atoms with Crippen LogP contribution < -0.4 is 10.6 Å². The topological polar surface area (TPSA) is 105 Å². The number of rotatable bonds is 10. The summed E-state index contributed by atoms with van der Waals surface area (Å²) in [4.78, 5) is 37.5. The average molecular weight is 439 g/mol. The van der Waals surface area contributed by atoms with E-state index in [0.29, 0.717) is 19.3 Å². The number of ether oxygens (including phenoxy) is 1. The number of esters is 1. The quantitative estimate of drug-likeness (QED) is 0.490. The van der Waals surface area contributed by atoms with Crippen molar-refractivity contribution in [2.24, 2.45) is 0 Å². The lowest BCUT2D eigenvalue weighted by molar-refractivity contribution is -0.146. The molecular formula is C25H30N2O5. The second kappa shape index (κ2) is 11.0. The van der Waals surface area contributed by atoms with Gasteiger partial charge in [0.1, 0.15) is 12.1 Å². The first-order valence-corrected chi connectivity index (χ1v) is 11.0. The SMILES string of the molecule is CCOC(=O)[C@H](CCc1ccccc1)NC(C)C(=O)C1NC(C(=O)O)Cc2ccccc21.